The largest absolute Gasteiger partial charge is 0.573 e. The van der Waals surface area contributed by atoms with Gasteiger partial charge in [-0.05, 0) is 79.9 Å². The minimum Gasteiger partial charge on any atom is -0.405 e. The Morgan fingerprint density at radius 1 is 0.862 bits per heavy atom. The number of carbonyl (C=O) groups is 4. The van der Waals surface area contributed by atoms with Gasteiger partial charge in [-0.25, -0.2) is 4.98 Å². The maximum absolute atomic E-state index is 13.3. The second kappa shape index (κ2) is 20.1. The van der Waals surface area contributed by atoms with E-state index in [0.29, 0.717) is 93.6 Å². The monoisotopic (exact) mass is 903 g/mol. The van der Waals surface area contributed by atoms with Crippen molar-refractivity contribution in [3.8, 4) is 11.8 Å². The first-order valence-corrected chi connectivity index (χ1v) is 22.0. The number of alkyl halides is 3. The molecule has 2 aliphatic heterocycles. The van der Waals surface area contributed by atoms with Crippen molar-refractivity contribution in [3.63, 3.8) is 0 Å². The van der Waals surface area contributed by atoms with Crippen molar-refractivity contribution in [1.82, 2.24) is 25.5 Å². The van der Waals surface area contributed by atoms with Gasteiger partial charge >= 0.3 is 6.36 Å². The zero-order valence-electron chi connectivity index (χ0n) is 35.7. The molecule has 2 aromatic carbocycles. The highest BCUT2D eigenvalue weighted by molar-refractivity contribution is 6.25. The van der Waals surface area contributed by atoms with Gasteiger partial charge in [-0.2, -0.15) is 10.2 Å². The molecule has 4 amide bonds. The number of fused-ring (bicyclic) bond motifs is 1. The predicted octanol–water partition coefficient (Wildman–Crippen LogP) is 4.62. The number of rotatable bonds is 22. The summed E-state index contributed by atoms with van der Waals surface area (Å²) in [5.41, 5.74) is 1.53. The number of nitrogens with zero attached hydrogens (tertiary/aromatic N) is 4. The number of nitrogens with one attached hydrogen (secondary N) is 5. The summed E-state index contributed by atoms with van der Waals surface area (Å²) < 4.78 is 60.1. The van der Waals surface area contributed by atoms with E-state index in [1.165, 1.54) is 37.2 Å². The van der Waals surface area contributed by atoms with Crippen molar-refractivity contribution in [2.75, 3.05) is 75.2 Å². The molecule has 65 heavy (non-hydrogen) atoms. The number of hydrogen-bond donors (Lipinski definition) is 5. The Hall–Kier alpha value is -5.88. The lowest BCUT2D eigenvalue weighted by Gasteiger charge is -2.60. The van der Waals surface area contributed by atoms with E-state index in [-0.39, 0.29) is 53.2 Å². The summed E-state index contributed by atoms with van der Waals surface area (Å²) in [6, 6.07) is 12.3. The lowest BCUT2D eigenvalue weighted by atomic mass is 9.48. The molecular weight excluding hydrogens is 852 g/mol. The minimum absolute atomic E-state index is 0.00812. The maximum Gasteiger partial charge on any atom is 0.573 e. The first kappa shape index (κ1) is 45.7. The predicted molar refractivity (Wildman–Crippen MR) is 228 cm³/mol. The lowest BCUT2D eigenvalue weighted by molar-refractivity contribution is -0.274. The second-order valence-corrected chi connectivity index (χ2v) is 17.3. The van der Waals surface area contributed by atoms with Gasteiger partial charge in [-0.15, -0.1) is 13.2 Å². The van der Waals surface area contributed by atoms with Crippen LogP contribution in [0.2, 0.25) is 0 Å². The van der Waals surface area contributed by atoms with Crippen LogP contribution in [0.25, 0.3) is 0 Å². The fourth-order valence-electron chi connectivity index (χ4n) is 10.5. The number of nitriles is 1. The molecule has 17 nitrogen and oxygen atoms in total. The molecule has 1 aromatic heterocycles. The molecule has 1 saturated heterocycles. The summed E-state index contributed by atoms with van der Waals surface area (Å²) in [5.74, 6) is -0.211. The zero-order chi connectivity index (χ0) is 45.6. The molecule has 4 aliphatic carbocycles. The number of ether oxygens (including phenoxy) is 4. The smallest absolute Gasteiger partial charge is 0.405 e. The van der Waals surface area contributed by atoms with Crippen molar-refractivity contribution < 1.29 is 51.3 Å². The van der Waals surface area contributed by atoms with Crippen LogP contribution in [0.15, 0.2) is 48.7 Å². The van der Waals surface area contributed by atoms with E-state index >= 15 is 0 Å². The van der Waals surface area contributed by atoms with E-state index < -0.39 is 36.0 Å². The van der Waals surface area contributed by atoms with Gasteiger partial charge < -0.3 is 40.2 Å². The Morgan fingerprint density at radius 3 is 2.31 bits per heavy atom. The van der Waals surface area contributed by atoms with E-state index in [4.69, 9.17) is 14.2 Å². The Bertz CT molecular complexity index is 2280. The first-order chi connectivity index (χ1) is 31.4. The summed E-state index contributed by atoms with van der Waals surface area (Å²) in [4.78, 5) is 60.0. The number of hydrogen-bond acceptors (Lipinski definition) is 15. The molecule has 3 unspecified atom stereocenters. The number of carbonyl (C=O) groups excluding carboxylic acids is 4. The van der Waals surface area contributed by atoms with E-state index in [1.54, 1.807) is 24.3 Å². The molecule has 346 valence electrons. The van der Waals surface area contributed by atoms with Gasteiger partial charge in [0.2, 0.25) is 17.8 Å². The molecule has 4 bridgehead atoms. The molecule has 9 rings (SSSR count). The topological polar surface area (TPSA) is 218 Å². The van der Waals surface area contributed by atoms with Crippen molar-refractivity contribution in [2.24, 2.45) is 23.2 Å². The molecular formula is C45H52F3N9O8. The number of piperidine rings is 1. The van der Waals surface area contributed by atoms with Gasteiger partial charge in [-0.1, -0.05) is 24.3 Å². The summed E-state index contributed by atoms with van der Waals surface area (Å²) in [7, 11) is 0. The van der Waals surface area contributed by atoms with E-state index in [9.17, 15) is 37.6 Å². The Labute approximate surface area is 373 Å². The molecule has 0 spiro atoms. The average Bonchev–Trinajstić information content (AvgIpc) is 3.53. The fourth-order valence-corrected chi connectivity index (χ4v) is 10.5. The van der Waals surface area contributed by atoms with Crippen molar-refractivity contribution in [2.45, 2.75) is 69.9 Å². The molecule has 5 N–H and O–H groups in total. The van der Waals surface area contributed by atoms with Crippen molar-refractivity contribution in [3.05, 3.63) is 70.9 Å². The average molecular weight is 904 g/mol. The summed E-state index contributed by atoms with van der Waals surface area (Å²) in [6.07, 6.45) is 2.36. The standard InChI is InChI=1S/C45H52F3N9O8/c46-45(47,48)65-35-7-2-1-4-28(35)24-52-43-53-25-31(23-49)39(56-43)54-26-44-20-27-18-29(21-44)38(30(19-27)22-44)51-11-13-63-15-17-64-16-14-62-12-10-50-33-6-3-5-32-37(33)42(61)57(41(32)60)34-8-9-36(58)55-40(34)59/h1-7,25,27,29-30,34,38,50-51H,8-22,24,26H2,(H,55,58,59)(H2,52,53,54,56). The summed E-state index contributed by atoms with van der Waals surface area (Å²) >= 11 is 0. The number of benzene rings is 2. The second-order valence-electron chi connectivity index (χ2n) is 17.3. The number of para-hydroxylation sites is 1. The van der Waals surface area contributed by atoms with Gasteiger partial charge in [0.15, 0.2) is 0 Å². The molecule has 3 atom stereocenters. The van der Waals surface area contributed by atoms with Gasteiger partial charge in [0.05, 0.1) is 57.0 Å². The Kier molecular flexibility index (Phi) is 14.1. The van der Waals surface area contributed by atoms with Crippen LogP contribution in [-0.2, 0) is 30.3 Å². The highest BCUT2D eigenvalue weighted by Crippen LogP contribution is 2.60. The zero-order valence-corrected chi connectivity index (χ0v) is 35.7. The number of imide groups is 2. The third-order valence-corrected chi connectivity index (χ3v) is 13.0. The van der Waals surface area contributed by atoms with Crippen LogP contribution in [0.5, 0.6) is 5.75 Å². The van der Waals surface area contributed by atoms with Gasteiger partial charge in [0.25, 0.3) is 11.8 Å². The molecule has 5 fully saturated rings. The van der Waals surface area contributed by atoms with Gasteiger partial charge in [-0.3, -0.25) is 29.4 Å². The SMILES string of the molecule is N#Cc1cnc(NCc2ccccc2OC(F)(F)F)nc1NCC12CC3CC(C1)C(NCCOCCOCCOCCNc1cccc4c1C(=O)N(C1CCC(=O)NC1=O)C4=O)C(C3)C2. The van der Waals surface area contributed by atoms with Crippen LogP contribution in [0.4, 0.5) is 30.6 Å². The van der Waals surface area contributed by atoms with E-state index in [0.717, 1.165) is 30.7 Å². The fraction of sp³-hybridized carbons (Fsp3) is 0.533. The van der Waals surface area contributed by atoms with Crippen molar-refractivity contribution in [1.29, 1.82) is 5.26 Å². The first-order valence-electron chi connectivity index (χ1n) is 22.0. The quantitative estimate of drug-likeness (QED) is 0.0687. The number of amides is 4. The van der Waals surface area contributed by atoms with Crippen molar-refractivity contribution >= 4 is 41.1 Å². The Balaban J connectivity index is 0.696. The molecule has 3 aromatic rings. The van der Waals surface area contributed by atoms with Crippen LogP contribution in [-0.4, -0.2) is 116 Å². The molecule has 0 radical (unpaired) electrons. The van der Waals surface area contributed by atoms with E-state index in [2.05, 4.69) is 47.4 Å². The summed E-state index contributed by atoms with van der Waals surface area (Å²) in [6.45, 7) is 4.26. The normalized spacial score (nSPS) is 24.5. The molecule has 3 heterocycles. The van der Waals surface area contributed by atoms with Crippen LogP contribution in [0.3, 0.4) is 0 Å². The van der Waals surface area contributed by atoms with Crippen LogP contribution in [0.1, 0.15) is 76.8 Å². The minimum atomic E-state index is -4.82. The summed E-state index contributed by atoms with van der Waals surface area (Å²) in [5, 5.41) is 25.4. The molecule has 6 aliphatic rings. The highest BCUT2D eigenvalue weighted by Gasteiger charge is 2.55. The molecule has 4 saturated carbocycles. The Morgan fingerprint density at radius 2 is 1.58 bits per heavy atom. The maximum atomic E-state index is 13.3. The van der Waals surface area contributed by atoms with Gasteiger partial charge in [0, 0.05) is 49.9 Å². The number of halogens is 3. The lowest BCUT2D eigenvalue weighted by Crippen LogP contribution is -2.60. The number of aromatic nitrogens is 2. The van der Waals surface area contributed by atoms with Crippen LogP contribution in [0, 0.1) is 34.5 Å². The van der Waals surface area contributed by atoms with E-state index in [1.807, 2.05) is 0 Å². The molecule has 20 heteroatoms. The van der Waals surface area contributed by atoms with Crippen LogP contribution < -0.4 is 31.3 Å². The highest BCUT2D eigenvalue weighted by atomic mass is 19.4. The van der Waals surface area contributed by atoms with Crippen LogP contribution >= 0.6 is 0 Å². The third kappa shape index (κ3) is 10.8. The number of anilines is 3. The third-order valence-electron chi connectivity index (χ3n) is 13.0. The van der Waals surface area contributed by atoms with Gasteiger partial charge in [0.1, 0.15) is 29.2 Å².